The number of rotatable bonds is 5. The van der Waals surface area contributed by atoms with E-state index in [1.54, 1.807) is 54.6 Å². The van der Waals surface area contributed by atoms with Crippen LogP contribution in [0.25, 0.3) is 11.1 Å². The molecule has 0 bridgehead atoms. The zero-order valence-electron chi connectivity index (χ0n) is 15.6. The van der Waals surface area contributed by atoms with Crippen molar-refractivity contribution in [1.29, 1.82) is 10.5 Å². The summed E-state index contributed by atoms with van der Waals surface area (Å²) in [6, 6.07) is 23.4. The van der Waals surface area contributed by atoms with Gasteiger partial charge in [-0.05, 0) is 65.2 Å². The van der Waals surface area contributed by atoms with Gasteiger partial charge in [0, 0.05) is 0 Å². The van der Waals surface area contributed by atoms with Crippen LogP contribution in [0, 0.1) is 22.7 Å². The maximum Gasteiger partial charge on any atom is 0.513 e. The molecule has 0 radical (unpaired) electrons. The molecule has 0 amide bonds. The SMILES string of the molecule is COC(=O)Oc1cc(COc2cccc(C#N)c2)cc(-c2cccc(C#N)c2)c1. The Labute approximate surface area is 168 Å². The number of benzene rings is 3. The summed E-state index contributed by atoms with van der Waals surface area (Å²) in [7, 11) is 1.23. The van der Waals surface area contributed by atoms with Crippen LogP contribution in [0.1, 0.15) is 16.7 Å². The van der Waals surface area contributed by atoms with E-state index >= 15 is 0 Å². The summed E-state index contributed by atoms with van der Waals surface area (Å²) in [4.78, 5) is 11.5. The second-order valence-electron chi connectivity index (χ2n) is 6.04. The van der Waals surface area contributed by atoms with Gasteiger partial charge >= 0.3 is 6.16 Å². The first-order chi connectivity index (χ1) is 14.1. The predicted octanol–water partition coefficient (Wildman–Crippen LogP) is 4.82. The van der Waals surface area contributed by atoms with Crippen LogP contribution < -0.4 is 9.47 Å². The first kappa shape index (κ1) is 19.5. The van der Waals surface area contributed by atoms with Crippen LogP contribution in [-0.4, -0.2) is 13.3 Å². The molecule has 0 aliphatic heterocycles. The van der Waals surface area contributed by atoms with Gasteiger partial charge in [0.2, 0.25) is 0 Å². The largest absolute Gasteiger partial charge is 0.513 e. The number of nitrogens with zero attached hydrogens (tertiary/aromatic N) is 2. The summed E-state index contributed by atoms with van der Waals surface area (Å²) in [5.74, 6) is 0.845. The topological polar surface area (TPSA) is 92.3 Å². The number of hydrogen-bond acceptors (Lipinski definition) is 6. The highest BCUT2D eigenvalue weighted by Crippen LogP contribution is 2.28. The van der Waals surface area contributed by atoms with Crippen molar-refractivity contribution in [3.05, 3.63) is 83.4 Å². The number of hydrogen-bond donors (Lipinski definition) is 0. The lowest BCUT2D eigenvalue weighted by Crippen LogP contribution is -2.08. The smallest absolute Gasteiger partial charge is 0.489 e. The highest BCUT2D eigenvalue weighted by atomic mass is 16.7. The molecule has 142 valence electrons. The van der Waals surface area contributed by atoms with Crippen LogP contribution in [0.3, 0.4) is 0 Å². The van der Waals surface area contributed by atoms with Crippen LogP contribution in [-0.2, 0) is 11.3 Å². The van der Waals surface area contributed by atoms with Crippen molar-refractivity contribution in [2.24, 2.45) is 0 Å². The molecule has 0 aromatic heterocycles. The van der Waals surface area contributed by atoms with Gasteiger partial charge in [0.05, 0.1) is 30.4 Å². The van der Waals surface area contributed by atoms with Gasteiger partial charge in [0.25, 0.3) is 0 Å². The molecular formula is C23H16N2O4. The lowest BCUT2D eigenvalue weighted by atomic mass is 10.0. The predicted molar refractivity (Wildman–Crippen MR) is 105 cm³/mol. The number of ether oxygens (including phenoxy) is 3. The summed E-state index contributed by atoms with van der Waals surface area (Å²) in [5.41, 5.74) is 3.32. The monoisotopic (exact) mass is 384 g/mol. The quantitative estimate of drug-likeness (QED) is 0.462. The second kappa shape index (κ2) is 9.07. The fourth-order valence-electron chi connectivity index (χ4n) is 2.70. The number of nitriles is 2. The third-order valence-electron chi connectivity index (χ3n) is 4.03. The molecule has 3 rings (SSSR count). The van der Waals surface area contributed by atoms with E-state index in [2.05, 4.69) is 16.9 Å². The van der Waals surface area contributed by atoms with E-state index in [0.717, 1.165) is 16.7 Å². The first-order valence-corrected chi connectivity index (χ1v) is 8.64. The van der Waals surface area contributed by atoms with Crippen molar-refractivity contribution in [2.75, 3.05) is 7.11 Å². The molecule has 0 heterocycles. The van der Waals surface area contributed by atoms with E-state index in [1.165, 1.54) is 7.11 Å². The Hall–Kier alpha value is -4.29. The molecule has 0 atom stereocenters. The molecule has 0 aliphatic carbocycles. The third kappa shape index (κ3) is 5.12. The highest BCUT2D eigenvalue weighted by Gasteiger charge is 2.10. The average molecular weight is 384 g/mol. The molecule has 3 aromatic rings. The molecule has 0 spiro atoms. The van der Waals surface area contributed by atoms with E-state index in [9.17, 15) is 4.79 Å². The van der Waals surface area contributed by atoms with Gasteiger partial charge in [-0.15, -0.1) is 0 Å². The molecule has 0 saturated heterocycles. The third-order valence-corrected chi connectivity index (χ3v) is 4.03. The Balaban J connectivity index is 1.92. The minimum absolute atomic E-state index is 0.193. The van der Waals surface area contributed by atoms with Crippen LogP contribution in [0.15, 0.2) is 66.7 Å². The van der Waals surface area contributed by atoms with Crippen molar-refractivity contribution in [3.63, 3.8) is 0 Å². The summed E-state index contributed by atoms with van der Waals surface area (Å²) in [6.07, 6.45) is -0.832. The summed E-state index contributed by atoms with van der Waals surface area (Å²) >= 11 is 0. The van der Waals surface area contributed by atoms with Gasteiger partial charge in [-0.2, -0.15) is 10.5 Å². The van der Waals surface area contributed by atoms with Crippen LogP contribution in [0.5, 0.6) is 11.5 Å². The Morgan fingerprint density at radius 3 is 2.31 bits per heavy atom. The maximum atomic E-state index is 11.5. The van der Waals surface area contributed by atoms with Crippen molar-refractivity contribution in [2.45, 2.75) is 6.61 Å². The Kier molecular flexibility index (Phi) is 6.09. The standard InChI is InChI=1S/C23H16N2O4/c1-27-23(26)29-22-11-18(15-28-21-7-3-5-17(10-21)14-25)9-20(12-22)19-6-2-4-16(8-19)13-24/h2-12H,15H2,1H3. The molecule has 0 unspecified atom stereocenters. The number of carbonyl (C=O) groups is 1. The maximum absolute atomic E-state index is 11.5. The number of methoxy groups -OCH3 is 1. The molecule has 0 fully saturated rings. The molecule has 0 saturated carbocycles. The Bertz CT molecular complexity index is 1130. The van der Waals surface area contributed by atoms with E-state index < -0.39 is 6.16 Å². The average Bonchev–Trinajstić information content (AvgIpc) is 2.77. The normalized spacial score (nSPS) is 9.76. The van der Waals surface area contributed by atoms with E-state index in [1.807, 2.05) is 12.1 Å². The lowest BCUT2D eigenvalue weighted by molar-refractivity contribution is 0.121. The van der Waals surface area contributed by atoms with Crippen molar-refractivity contribution in [3.8, 4) is 34.8 Å². The molecule has 6 heteroatoms. The molecule has 29 heavy (non-hydrogen) atoms. The molecule has 0 N–H and O–H groups in total. The van der Waals surface area contributed by atoms with Crippen molar-refractivity contribution in [1.82, 2.24) is 0 Å². The molecule has 0 aliphatic rings. The second-order valence-corrected chi connectivity index (χ2v) is 6.04. The molecule has 6 nitrogen and oxygen atoms in total. The Morgan fingerprint density at radius 2 is 1.59 bits per heavy atom. The van der Waals surface area contributed by atoms with Crippen LogP contribution >= 0.6 is 0 Å². The van der Waals surface area contributed by atoms with Crippen molar-refractivity contribution < 1.29 is 19.0 Å². The fraction of sp³-hybridized carbons (Fsp3) is 0.0870. The van der Waals surface area contributed by atoms with E-state index in [0.29, 0.717) is 22.6 Å². The zero-order chi connectivity index (χ0) is 20.6. The number of carbonyl (C=O) groups excluding carboxylic acids is 1. The summed E-state index contributed by atoms with van der Waals surface area (Å²) < 4.78 is 15.5. The molecular weight excluding hydrogens is 368 g/mol. The van der Waals surface area contributed by atoms with Crippen molar-refractivity contribution >= 4 is 6.16 Å². The Morgan fingerprint density at radius 1 is 0.862 bits per heavy atom. The first-order valence-electron chi connectivity index (χ1n) is 8.64. The van der Waals surface area contributed by atoms with E-state index in [4.69, 9.17) is 20.0 Å². The van der Waals surface area contributed by atoms with Gasteiger partial charge in [0.15, 0.2) is 0 Å². The van der Waals surface area contributed by atoms with Gasteiger partial charge in [-0.1, -0.05) is 18.2 Å². The fourth-order valence-corrected chi connectivity index (χ4v) is 2.70. The van der Waals surface area contributed by atoms with Gasteiger partial charge in [-0.3, -0.25) is 0 Å². The minimum atomic E-state index is -0.832. The molecule has 3 aromatic carbocycles. The van der Waals surface area contributed by atoms with Gasteiger partial charge < -0.3 is 14.2 Å². The van der Waals surface area contributed by atoms with E-state index in [-0.39, 0.29) is 6.61 Å². The van der Waals surface area contributed by atoms with Crippen LogP contribution in [0.2, 0.25) is 0 Å². The van der Waals surface area contributed by atoms with Gasteiger partial charge in [-0.25, -0.2) is 4.79 Å². The summed E-state index contributed by atoms with van der Waals surface area (Å²) in [5, 5.41) is 18.2. The zero-order valence-corrected chi connectivity index (χ0v) is 15.6. The minimum Gasteiger partial charge on any atom is -0.489 e. The van der Waals surface area contributed by atoms with Crippen LogP contribution in [0.4, 0.5) is 4.79 Å². The van der Waals surface area contributed by atoms with Gasteiger partial charge in [0.1, 0.15) is 18.1 Å². The lowest BCUT2D eigenvalue weighted by Gasteiger charge is -2.12. The summed E-state index contributed by atoms with van der Waals surface area (Å²) in [6.45, 7) is 0.193. The highest BCUT2D eigenvalue weighted by molar-refractivity contribution is 5.70.